The molecule has 0 bridgehead atoms. The third kappa shape index (κ3) is 2.37. The van der Waals surface area contributed by atoms with Crippen LogP contribution in [0.3, 0.4) is 0 Å². The van der Waals surface area contributed by atoms with E-state index in [1.165, 1.54) is 0 Å². The zero-order valence-electron chi connectivity index (χ0n) is 6.77. The molecular formula is C8H14ClNO. The molecule has 3 heteroatoms. The largest absolute Gasteiger partial charge is 0.359 e. The van der Waals surface area contributed by atoms with Crippen LogP contribution in [0.2, 0.25) is 0 Å². The van der Waals surface area contributed by atoms with E-state index < -0.39 is 0 Å². The summed E-state index contributed by atoms with van der Waals surface area (Å²) in [7, 11) is 1.69. The number of alkyl halides is 1. The van der Waals surface area contributed by atoms with Gasteiger partial charge < -0.3 is 5.32 Å². The minimum absolute atomic E-state index is 0.175. The fourth-order valence-corrected chi connectivity index (χ4v) is 1.77. The second-order valence-electron chi connectivity index (χ2n) is 3.06. The Balaban J connectivity index is 2.33. The van der Waals surface area contributed by atoms with Crippen molar-refractivity contribution in [2.75, 3.05) is 7.05 Å². The van der Waals surface area contributed by atoms with Gasteiger partial charge in [0.1, 0.15) is 0 Å². The Kier molecular flexibility index (Phi) is 3.18. The van der Waals surface area contributed by atoms with E-state index in [0.717, 1.165) is 25.7 Å². The van der Waals surface area contributed by atoms with Crippen molar-refractivity contribution in [2.24, 2.45) is 5.92 Å². The van der Waals surface area contributed by atoms with E-state index in [9.17, 15) is 4.79 Å². The average molecular weight is 176 g/mol. The summed E-state index contributed by atoms with van der Waals surface area (Å²) in [6.45, 7) is 0. The van der Waals surface area contributed by atoms with Crippen LogP contribution in [0.1, 0.15) is 25.7 Å². The molecule has 1 amide bonds. The third-order valence-electron chi connectivity index (χ3n) is 2.27. The van der Waals surface area contributed by atoms with Gasteiger partial charge >= 0.3 is 0 Å². The zero-order chi connectivity index (χ0) is 8.27. The molecule has 2 nitrogen and oxygen atoms in total. The standard InChI is InChI=1S/C8H14ClNO/c1-10-8(11)6-2-4-7(9)5-3-6/h6-7H,2-5H2,1H3,(H,10,11). The highest BCUT2D eigenvalue weighted by atomic mass is 35.5. The number of halogens is 1. The van der Waals surface area contributed by atoms with Crippen LogP contribution in [0.25, 0.3) is 0 Å². The van der Waals surface area contributed by atoms with Gasteiger partial charge in [-0.25, -0.2) is 0 Å². The van der Waals surface area contributed by atoms with Crippen molar-refractivity contribution in [1.82, 2.24) is 5.32 Å². The molecule has 0 saturated heterocycles. The van der Waals surface area contributed by atoms with Gasteiger partial charge in [0.2, 0.25) is 5.91 Å². The van der Waals surface area contributed by atoms with Gasteiger partial charge in [0.25, 0.3) is 0 Å². The van der Waals surface area contributed by atoms with Crippen molar-refractivity contribution >= 4 is 17.5 Å². The molecule has 0 aromatic carbocycles. The minimum atomic E-state index is 0.175. The van der Waals surface area contributed by atoms with Crippen molar-refractivity contribution in [3.8, 4) is 0 Å². The van der Waals surface area contributed by atoms with Gasteiger partial charge in [0.05, 0.1) is 0 Å². The lowest BCUT2D eigenvalue weighted by atomic mass is 9.88. The van der Waals surface area contributed by atoms with E-state index in [4.69, 9.17) is 11.6 Å². The third-order valence-corrected chi connectivity index (χ3v) is 2.71. The minimum Gasteiger partial charge on any atom is -0.359 e. The van der Waals surface area contributed by atoms with Crippen molar-refractivity contribution in [2.45, 2.75) is 31.1 Å². The van der Waals surface area contributed by atoms with Crippen molar-refractivity contribution < 1.29 is 4.79 Å². The van der Waals surface area contributed by atoms with Crippen LogP contribution in [0.4, 0.5) is 0 Å². The summed E-state index contributed by atoms with van der Waals surface area (Å²) in [5, 5.41) is 2.97. The smallest absolute Gasteiger partial charge is 0.222 e. The van der Waals surface area contributed by atoms with Crippen LogP contribution in [-0.4, -0.2) is 18.3 Å². The number of hydrogen-bond acceptors (Lipinski definition) is 1. The lowest BCUT2D eigenvalue weighted by Crippen LogP contribution is -2.30. The first-order valence-corrected chi connectivity index (χ1v) is 4.53. The first-order valence-electron chi connectivity index (χ1n) is 4.09. The molecule has 64 valence electrons. The van der Waals surface area contributed by atoms with E-state index in [-0.39, 0.29) is 11.8 Å². The number of nitrogens with one attached hydrogen (secondary N) is 1. The fraction of sp³-hybridized carbons (Fsp3) is 0.875. The van der Waals surface area contributed by atoms with Crippen LogP contribution in [0, 0.1) is 5.92 Å². The zero-order valence-corrected chi connectivity index (χ0v) is 7.53. The summed E-state index contributed by atoms with van der Waals surface area (Å²) >= 11 is 5.90. The Hall–Kier alpha value is -0.240. The molecule has 1 rings (SSSR count). The summed E-state index contributed by atoms with van der Waals surface area (Å²) in [6, 6.07) is 0. The van der Waals surface area contributed by atoms with Gasteiger partial charge in [-0.3, -0.25) is 4.79 Å². The van der Waals surface area contributed by atoms with Crippen molar-refractivity contribution in [3.05, 3.63) is 0 Å². The maximum atomic E-state index is 11.1. The number of amides is 1. The first kappa shape index (κ1) is 8.85. The van der Waals surface area contributed by atoms with Crippen LogP contribution in [-0.2, 0) is 4.79 Å². The Bertz CT molecular complexity index is 141. The topological polar surface area (TPSA) is 29.1 Å². The lowest BCUT2D eigenvalue weighted by molar-refractivity contribution is -0.125. The summed E-state index contributed by atoms with van der Waals surface area (Å²) in [6.07, 6.45) is 3.88. The van der Waals surface area contributed by atoms with Gasteiger partial charge in [-0.2, -0.15) is 0 Å². The van der Waals surface area contributed by atoms with Crippen LogP contribution < -0.4 is 5.32 Å². The predicted molar refractivity (Wildman–Crippen MR) is 45.7 cm³/mol. The molecule has 0 spiro atoms. The summed E-state index contributed by atoms with van der Waals surface area (Å²) < 4.78 is 0. The molecule has 0 heterocycles. The van der Waals surface area contributed by atoms with Gasteiger partial charge in [-0.05, 0) is 25.7 Å². The summed E-state index contributed by atoms with van der Waals surface area (Å²) in [5.74, 6) is 0.392. The van der Waals surface area contributed by atoms with E-state index in [1.54, 1.807) is 7.05 Å². The SMILES string of the molecule is CNC(=O)C1CCC(Cl)CC1. The molecule has 1 aliphatic carbocycles. The molecular weight excluding hydrogens is 162 g/mol. The highest BCUT2D eigenvalue weighted by molar-refractivity contribution is 6.20. The molecule has 11 heavy (non-hydrogen) atoms. The molecule has 0 atom stereocenters. The quantitative estimate of drug-likeness (QED) is 0.602. The monoisotopic (exact) mass is 175 g/mol. The molecule has 1 saturated carbocycles. The number of rotatable bonds is 1. The maximum absolute atomic E-state index is 11.1. The molecule has 0 aromatic heterocycles. The predicted octanol–water partition coefficient (Wildman–Crippen LogP) is 1.53. The van der Waals surface area contributed by atoms with Crippen molar-refractivity contribution in [3.63, 3.8) is 0 Å². The fourth-order valence-electron chi connectivity index (χ4n) is 1.52. The summed E-state index contributed by atoms with van der Waals surface area (Å²) in [4.78, 5) is 11.1. The highest BCUT2D eigenvalue weighted by Gasteiger charge is 2.23. The Morgan fingerprint density at radius 3 is 2.36 bits per heavy atom. The van der Waals surface area contributed by atoms with Crippen LogP contribution >= 0.6 is 11.6 Å². The van der Waals surface area contributed by atoms with Crippen molar-refractivity contribution in [1.29, 1.82) is 0 Å². The molecule has 1 aliphatic rings. The van der Waals surface area contributed by atoms with Crippen LogP contribution in [0.15, 0.2) is 0 Å². The Morgan fingerprint density at radius 2 is 1.91 bits per heavy atom. The van der Waals surface area contributed by atoms with Gasteiger partial charge in [-0.1, -0.05) is 0 Å². The van der Waals surface area contributed by atoms with E-state index in [1.807, 2.05) is 0 Å². The Labute approximate surface area is 72.3 Å². The number of hydrogen-bond donors (Lipinski definition) is 1. The van der Waals surface area contributed by atoms with Crippen LogP contribution in [0.5, 0.6) is 0 Å². The number of carbonyl (C=O) groups excluding carboxylic acids is 1. The highest BCUT2D eigenvalue weighted by Crippen LogP contribution is 2.27. The molecule has 1 N–H and O–H groups in total. The average Bonchev–Trinajstić information content (AvgIpc) is 2.05. The second kappa shape index (κ2) is 3.96. The van der Waals surface area contributed by atoms with Gasteiger partial charge in [0, 0.05) is 18.3 Å². The van der Waals surface area contributed by atoms with Gasteiger partial charge in [0.15, 0.2) is 0 Å². The Morgan fingerprint density at radius 1 is 1.36 bits per heavy atom. The molecule has 0 aliphatic heterocycles. The van der Waals surface area contributed by atoms with Gasteiger partial charge in [-0.15, -0.1) is 11.6 Å². The molecule has 0 unspecified atom stereocenters. The molecule has 0 aromatic rings. The number of carbonyl (C=O) groups is 1. The molecule has 1 fully saturated rings. The van der Waals surface area contributed by atoms with E-state index >= 15 is 0 Å². The first-order chi connectivity index (χ1) is 5.24. The lowest BCUT2D eigenvalue weighted by Gasteiger charge is -2.23. The molecule has 0 radical (unpaired) electrons. The summed E-state index contributed by atoms with van der Waals surface area (Å²) in [5.41, 5.74) is 0. The maximum Gasteiger partial charge on any atom is 0.222 e. The van der Waals surface area contributed by atoms with E-state index in [0.29, 0.717) is 5.38 Å². The van der Waals surface area contributed by atoms with E-state index in [2.05, 4.69) is 5.32 Å². The second-order valence-corrected chi connectivity index (χ2v) is 3.68. The normalized spacial score (nSPS) is 31.5.